The number of methoxy groups -OCH3 is 1. The highest BCUT2D eigenvalue weighted by Crippen LogP contribution is 2.28. The van der Waals surface area contributed by atoms with Crippen molar-refractivity contribution in [2.45, 2.75) is 6.92 Å². The molecule has 1 aromatic heterocycles. The van der Waals surface area contributed by atoms with Crippen molar-refractivity contribution in [2.24, 2.45) is 5.10 Å². The van der Waals surface area contributed by atoms with E-state index >= 15 is 0 Å². The van der Waals surface area contributed by atoms with Crippen LogP contribution in [0.5, 0.6) is 11.5 Å². The Balaban J connectivity index is 1.70. The van der Waals surface area contributed by atoms with E-state index in [9.17, 15) is 20.0 Å². The first-order valence-electron chi connectivity index (χ1n) is 8.44. The highest BCUT2D eigenvalue weighted by atomic mass is 16.6. The van der Waals surface area contributed by atoms with E-state index in [1.54, 1.807) is 31.2 Å². The first-order chi connectivity index (χ1) is 13.9. The van der Waals surface area contributed by atoms with Gasteiger partial charge in [-0.2, -0.15) is 5.10 Å². The Labute approximate surface area is 165 Å². The molecule has 0 aliphatic heterocycles. The Bertz CT molecular complexity index is 1100. The molecule has 0 aliphatic carbocycles. The lowest BCUT2D eigenvalue weighted by atomic mass is 10.1. The number of hydrogen-bond donors (Lipinski definition) is 2. The molecule has 0 spiro atoms. The highest BCUT2D eigenvalue weighted by Gasteiger charge is 2.14. The van der Waals surface area contributed by atoms with Gasteiger partial charge in [-0.05, 0) is 31.2 Å². The summed E-state index contributed by atoms with van der Waals surface area (Å²) in [5.41, 5.74) is 3.43. The topological polar surface area (TPSA) is 127 Å². The third-order valence-electron chi connectivity index (χ3n) is 4.12. The number of hydrogen-bond acceptors (Lipinski definition) is 7. The van der Waals surface area contributed by atoms with Crippen LogP contribution >= 0.6 is 0 Å². The molecule has 148 valence electrons. The molecule has 0 fully saturated rings. The number of benzene rings is 2. The zero-order valence-electron chi connectivity index (χ0n) is 15.6. The summed E-state index contributed by atoms with van der Waals surface area (Å²) >= 11 is 0. The Morgan fingerprint density at radius 3 is 2.72 bits per heavy atom. The van der Waals surface area contributed by atoms with Gasteiger partial charge in [0.1, 0.15) is 23.0 Å². The summed E-state index contributed by atoms with van der Waals surface area (Å²) in [4.78, 5) is 22.7. The summed E-state index contributed by atoms with van der Waals surface area (Å²) in [5.74, 6) is 0.332. The second-order valence-electron chi connectivity index (χ2n) is 6.04. The number of nitro groups is 1. The molecule has 29 heavy (non-hydrogen) atoms. The second-order valence-corrected chi connectivity index (χ2v) is 6.04. The number of ether oxygens (including phenoxy) is 1. The van der Waals surface area contributed by atoms with Gasteiger partial charge in [0, 0.05) is 23.3 Å². The molecule has 3 aromatic rings. The summed E-state index contributed by atoms with van der Waals surface area (Å²) in [6.45, 7) is 1.66. The summed E-state index contributed by atoms with van der Waals surface area (Å²) < 4.78 is 10.6. The SMILES string of the molecule is COc1ccc(C(=O)N/N=C\c2ccc(-c3ccc(C)c([N+](=O)[O-])c3)o2)c(O)c1. The van der Waals surface area contributed by atoms with Crippen LogP contribution in [-0.4, -0.2) is 29.3 Å². The normalized spacial score (nSPS) is 10.8. The van der Waals surface area contributed by atoms with Gasteiger partial charge in [0.05, 0.1) is 23.8 Å². The fraction of sp³-hybridized carbons (Fsp3) is 0.100. The smallest absolute Gasteiger partial charge is 0.275 e. The zero-order chi connectivity index (χ0) is 21.0. The molecule has 0 saturated carbocycles. The number of nitrogens with zero attached hydrogens (tertiary/aromatic N) is 2. The molecule has 0 atom stereocenters. The van der Waals surface area contributed by atoms with Crippen LogP contribution in [0.4, 0.5) is 5.69 Å². The molecule has 0 bridgehead atoms. The van der Waals surface area contributed by atoms with E-state index in [1.165, 1.54) is 37.6 Å². The number of phenolic OH excluding ortho intramolecular Hbond substituents is 1. The maximum Gasteiger partial charge on any atom is 0.275 e. The molecular weight excluding hydrogens is 378 g/mol. The van der Waals surface area contributed by atoms with Crippen LogP contribution in [0.2, 0.25) is 0 Å². The van der Waals surface area contributed by atoms with Crippen molar-refractivity contribution in [2.75, 3.05) is 7.11 Å². The van der Waals surface area contributed by atoms with Crippen molar-refractivity contribution in [1.82, 2.24) is 5.43 Å². The Morgan fingerprint density at radius 2 is 2.03 bits per heavy atom. The number of nitro benzene ring substituents is 1. The molecule has 3 rings (SSSR count). The van der Waals surface area contributed by atoms with E-state index < -0.39 is 10.8 Å². The quantitative estimate of drug-likeness (QED) is 0.373. The Morgan fingerprint density at radius 1 is 1.24 bits per heavy atom. The zero-order valence-corrected chi connectivity index (χ0v) is 15.6. The van der Waals surface area contributed by atoms with Gasteiger partial charge in [-0.15, -0.1) is 0 Å². The van der Waals surface area contributed by atoms with Gasteiger partial charge >= 0.3 is 0 Å². The van der Waals surface area contributed by atoms with Crippen molar-refractivity contribution >= 4 is 17.8 Å². The molecule has 0 radical (unpaired) electrons. The van der Waals surface area contributed by atoms with Crippen molar-refractivity contribution in [1.29, 1.82) is 0 Å². The van der Waals surface area contributed by atoms with Gasteiger partial charge < -0.3 is 14.3 Å². The van der Waals surface area contributed by atoms with Gasteiger partial charge in [-0.25, -0.2) is 5.43 Å². The number of carbonyl (C=O) groups excluding carboxylic acids is 1. The van der Waals surface area contributed by atoms with E-state index in [1.807, 2.05) is 0 Å². The van der Waals surface area contributed by atoms with E-state index in [0.717, 1.165) is 0 Å². The van der Waals surface area contributed by atoms with Crippen LogP contribution in [0.3, 0.4) is 0 Å². The highest BCUT2D eigenvalue weighted by molar-refractivity contribution is 5.97. The third kappa shape index (κ3) is 4.41. The minimum Gasteiger partial charge on any atom is -0.507 e. The second kappa shape index (κ2) is 8.26. The van der Waals surface area contributed by atoms with E-state index in [4.69, 9.17) is 9.15 Å². The van der Waals surface area contributed by atoms with E-state index in [-0.39, 0.29) is 17.0 Å². The Kier molecular flexibility index (Phi) is 5.59. The van der Waals surface area contributed by atoms with Crippen LogP contribution in [-0.2, 0) is 0 Å². The van der Waals surface area contributed by atoms with Gasteiger partial charge in [-0.3, -0.25) is 14.9 Å². The fourth-order valence-electron chi connectivity index (χ4n) is 2.58. The third-order valence-corrected chi connectivity index (χ3v) is 4.12. The predicted molar refractivity (Wildman–Crippen MR) is 105 cm³/mol. The van der Waals surface area contributed by atoms with Crippen molar-refractivity contribution in [3.05, 3.63) is 75.5 Å². The standard InChI is InChI=1S/C20H17N3O6/c1-12-3-4-13(9-17(12)23(26)27)19-8-6-15(29-19)11-21-22-20(25)16-7-5-14(28-2)10-18(16)24/h3-11,24H,1-2H3,(H,22,25)/b21-11-. The molecule has 1 heterocycles. The fourth-order valence-corrected chi connectivity index (χ4v) is 2.58. The van der Waals surface area contributed by atoms with Crippen molar-refractivity contribution < 1.29 is 24.0 Å². The van der Waals surface area contributed by atoms with Crippen LogP contribution in [0.15, 0.2) is 58.0 Å². The molecule has 9 nitrogen and oxygen atoms in total. The predicted octanol–water partition coefficient (Wildman–Crippen LogP) is 3.64. The average molecular weight is 395 g/mol. The number of phenols is 1. The van der Waals surface area contributed by atoms with E-state index in [0.29, 0.717) is 28.4 Å². The van der Waals surface area contributed by atoms with Gasteiger partial charge in [0.2, 0.25) is 0 Å². The molecule has 2 N–H and O–H groups in total. The average Bonchev–Trinajstić information content (AvgIpc) is 3.16. The summed E-state index contributed by atoms with van der Waals surface area (Å²) in [6, 6.07) is 12.3. The lowest BCUT2D eigenvalue weighted by Gasteiger charge is -2.05. The minimum atomic E-state index is -0.609. The van der Waals surface area contributed by atoms with Gasteiger partial charge in [0.15, 0.2) is 0 Å². The Hall–Kier alpha value is -4.14. The first-order valence-corrected chi connectivity index (χ1v) is 8.44. The van der Waals surface area contributed by atoms with Crippen LogP contribution in [0.25, 0.3) is 11.3 Å². The molecule has 0 saturated heterocycles. The molecule has 2 aromatic carbocycles. The molecule has 0 aliphatic rings. The van der Waals surface area contributed by atoms with Gasteiger partial charge in [-0.1, -0.05) is 12.1 Å². The maximum absolute atomic E-state index is 12.1. The maximum atomic E-state index is 12.1. The van der Waals surface area contributed by atoms with Crippen molar-refractivity contribution in [3.63, 3.8) is 0 Å². The molecule has 0 unspecified atom stereocenters. The van der Waals surface area contributed by atoms with Crippen LogP contribution in [0.1, 0.15) is 21.7 Å². The molecule has 9 heteroatoms. The van der Waals surface area contributed by atoms with E-state index in [2.05, 4.69) is 10.5 Å². The van der Waals surface area contributed by atoms with Crippen molar-refractivity contribution in [3.8, 4) is 22.8 Å². The number of furan rings is 1. The summed E-state index contributed by atoms with van der Waals surface area (Å²) in [7, 11) is 1.45. The van der Waals surface area contributed by atoms with Gasteiger partial charge in [0.25, 0.3) is 11.6 Å². The summed E-state index contributed by atoms with van der Waals surface area (Å²) in [5, 5.41) is 24.7. The number of amides is 1. The lowest BCUT2D eigenvalue weighted by Crippen LogP contribution is -2.17. The molecular formula is C20H17N3O6. The number of aromatic hydroxyl groups is 1. The number of aryl methyl sites for hydroxylation is 1. The number of carbonyl (C=O) groups is 1. The lowest BCUT2D eigenvalue weighted by molar-refractivity contribution is -0.385. The number of nitrogens with one attached hydrogen (secondary N) is 1. The molecule has 1 amide bonds. The number of rotatable bonds is 6. The number of hydrazone groups is 1. The minimum absolute atomic E-state index is 0.000629. The van der Waals surface area contributed by atoms with Crippen LogP contribution < -0.4 is 10.2 Å². The largest absolute Gasteiger partial charge is 0.507 e. The van der Waals surface area contributed by atoms with Crippen LogP contribution in [0, 0.1) is 17.0 Å². The monoisotopic (exact) mass is 395 g/mol. The summed E-state index contributed by atoms with van der Waals surface area (Å²) in [6.07, 6.45) is 1.28. The first kappa shape index (κ1) is 19.6.